The highest BCUT2D eigenvalue weighted by Crippen LogP contribution is 2.30. The van der Waals surface area contributed by atoms with Crippen LogP contribution in [-0.2, 0) is 4.79 Å². The summed E-state index contributed by atoms with van der Waals surface area (Å²) in [4.78, 5) is 11.0. The van der Waals surface area contributed by atoms with E-state index in [0.29, 0.717) is 13.0 Å². The third kappa shape index (κ3) is 2.50. The second-order valence-electron chi connectivity index (χ2n) is 5.05. The normalized spacial score (nSPS) is 13.8. The minimum Gasteiger partial charge on any atom is -0.493 e. The minimum atomic E-state index is 0.557. The summed E-state index contributed by atoms with van der Waals surface area (Å²) >= 11 is 0. The van der Waals surface area contributed by atoms with Gasteiger partial charge in [0.05, 0.1) is 6.61 Å². The maximum Gasteiger partial charge on any atom is 0.146 e. The van der Waals surface area contributed by atoms with E-state index in [-0.39, 0.29) is 0 Å². The van der Waals surface area contributed by atoms with Crippen molar-refractivity contribution in [3.8, 4) is 16.9 Å². The van der Waals surface area contributed by atoms with Gasteiger partial charge in [-0.2, -0.15) is 0 Å². The zero-order valence-electron chi connectivity index (χ0n) is 11.4. The molecule has 100 valence electrons. The quantitative estimate of drug-likeness (QED) is 0.766. The number of aryl methyl sites for hydroxylation is 1. The highest BCUT2D eigenvalue weighted by atomic mass is 16.5. The Labute approximate surface area is 118 Å². The van der Waals surface area contributed by atoms with Gasteiger partial charge in [0.2, 0.25) is 0 Å². The van der Waals surface area contributed by atoms with Crippen LogP contribution in [0.5, 0.6) is 5.75 Å². The molecule has 2 heteroatoms. The topological polar surface area (TPSA) is 26.3 Å². The zero-order chi connectivity index (χ0) is 13.9. The maximum atomic E-state index is 11.0. The third-order valence-corrected chi connectivity index (χ3v) is 3.54. The smallest absolute Gasteiger partial charge is 0.146 e. The molecule has 2 aromatic carbocycles. The molecule has 20 heavy (non-hydrogen) atoms. The van der Waals surface area contributed by atoms with Crippen molar-refractivity contribution >= 4 is 12.4 Å². The van der Waals surface area contributed by atoms with Crippen LogP contribution in [0.4, 0.5) is 0 Å². The molecular weight excluding hydrogens is 248 g/mol. The Kier molecular flexibility index (Phi) is 3.38. The number of hydrogen-bond acceptors (Lipinski definition) is 2. The Hall–Kier alpha value is -2.35. The molecule has 0 unspecified atom stereocenters. The van der Waals surface area contributed by atoms with Gasteiger partial charge in [-0.25, -0.2) is 0 Å². The first kappa shape index (κ1) is 12.7. The SMILES string of the molecule is Cc1ccc(-c2ccc3c(c2)C=C(C=O)CCO3)cc1. The Balaban J connectivity index is 2.05. The van der Waals surface area contributed by atoms with Crippen LogP contribution in [-0.4, -0.2) is 12.9 Å². The van der Waals surface area contributed by atoms with E-state index in [2.05, 4.69) is 43.3 Å². The molecule has 0 bridgehead atoms. The van der Waals surface area contributed by atoms with E-state index in [0.717, 1.165) is 28.7 Å². The summed E-state index contributed by atoms with van der Waals surface area (Å²) in [6.45, 7) is 2.63. The van der Waals surface area contributed by atoms with Gasteiger partial charge in [0.15, 0.2) is 0 Å². The fraction of sp³-hybridized carbons (Fsp3) is 0.167. The predicted molar refractivity (Wildman–Crippen MR) is 80.8 cm³/mol. The van der Waals surface area contributed by atoms with E-state index in [1.165, 1.54) is 11.1 Å². The number of ether oxygens (including phenoxy) is 1. The summed E-state index contributed by atoms with van der Waals surface area (Å²) in [5.74, 6) is 0.845. The van der Waals surface area contributed by atoms with Crippen LogP contribution in [0.25, 0.3) is 17.2 Å². The lowest BCUT2D eigenvalue weighted by atomic mass is 10.0. The standard InChI is InChI=1S/C18H16O2/c1-13-2-4-15(5-3-13)16-6-7-18-17(11-16)10-14(12-19)8-9-20-18/h2-7,10-12H,8-9H2,1H3. The lowest BCUT2D eigenvalue weighted by Gasteiger charge is -2.09. The first-order valence-corrected chi connectivity index (χ1v) is 6.76. The number of rotatable bonds is 2. The van der Waals surface area contributed by atoms with Crippen molar-refractivity contribution < 1.29 is 9.53 Å². The molecule has 2 aromatic rings. The van der Waals surface area contributed by atoms with E-state index in [9.17, 15) is 4.79 Å². The summed E-state index contributed by atoms with van der Waals surface area (Å²) in [6, 6.07) is 14.5. The van der Waals surface area contributed by atoms with Crippen molar-refractivity contribution in [2.45, 2.75) is 13.3 Å². The van der Waals surface area contributed by atoms with E-state index < -0.39 is 0 Å². The highest BCUT2D eigenvalue weighted by molar-refractivity contribution is 5.84. The van der Waals surface area contributed by atoms with Gasteiger partial charge in [-0.05, 0) is 41.8 Å². The van der Waals surface area contributed by atoms with Crippen LogP contribution < -0.4 is 4.74 Å². The van der Waals surface area contributed by atoms with E-state index in [4.69, 9.17) is 4.74 Å². The molecular formula is C18H16O2. The molecule has 0 radical (unpaired) electrons. The van der Waals surface area contributed by atoms with Crippen LogP contribution in [0.3, 0.4) is 0 Å². The summed E-state index contributed by atoms with van der Waals surface area (Å²) in [5, 5.41) is 0. The molecule has 1 aliphatic heterocycles. The van der Waals surface area contributed by atoms with Crippen molar-refractivity contribution in [2.24, 2.45) is 0 Å². The fourth-order valence-corrected chi connectivity index (χ4v) is 2.36. The second kappa shape index (κ2) is 5.33. The van der Waals surface area contributed by atoms with Crippen LogP contribution >= 0.6 is 0 Å². The van der Waals surface area contributed by atoms with E-state index >= 15 is 0 Å². The van der Waals surface area contributed by atoms with Gasteiger partial charge >= 0.3 is 0 Å². The first-order chi connectivity index (χ1) is 9.76. The lowest BCUT2D eigenvalue weighted by molar-refractivity contribution is -0.105. The van der Waals surface area contributed by atoms with Crippen molar-refractivity contribution in [1.29, 1.82) is 0 Å². The summed E-state index contributed by atoms with van der Waals surface area (Å²) < 4.78 is 5.68. The van der Waals surface area contributed by atoms with E-state index in [1.807, 2.05) is 12.1 Å². The number of hydrogen-bond donors (Lipinski definition) is 0. The molecule has 0 saturated heterocycles. The Morgan fingerprint density at radius 1 is 1.05 bits per heavy atom. The molecule has 1 heterocycles. The molecule has 0 N–H and O–H groups in total. The lowest BCUT2D eigenvalue weighted by Crippen LogP contribution is -1.97. The molecule has 0 saturated carbocycles. The van der Waals surface area contributed by atoms with Crippen molar-refractivity contribution in [2.75, 3.05) is 6.61 Å². The van der Waals surface area contributed by atoms with Gasteiger partial charge in [-0.1, -0.05) is 35.9 Å². The molecule has 0 amide bonds. The van der Waals surface area contributed by atoms with E-state index in [1.54, 1.807) is 0 Å². The summed E-state index contributed by atoms with van der Waals surface area (Å²) in [7, 11) is 0. The average molecular weight is 264 g/mol. The Morgan fingerprint density at radius 2 is 1.80 bits per heavy atom. The van der Waals surface area contributed by atoms with Crippen LogP contribution in [0.15, 0.2) is 48.0 Å². The molecule has 0 aromatic heterocycles. The monoisotopic (exact) mass is 264 g/mol. The largest absolute Gasteiger partial charge is 0.493 e. The van der Waals surface area contributed by atoms with Gasteiger partial charge in [0.1, 0.15) is 12.0 Å². The van der Waals surface area contributed by atoms with Crippen LogP contribution in [0.1, 0.15) is 17.5 Å². The number of aldehydes is 1. The molecule has 1 aliphatic rings. The molecule has 0 aliphatic carbocycles. The zero-order valence-corrected chi connectivity index (χ0v) is 11.4. The fourth-order valence-electron chi connectivity index (χ4n) is 2.36. The number of fused-ring (bicyclic) bond motifs is 1. The predicted octanol–water partition coefficient (Wildman–Crippen LogP) is 4.03. The Morgan fingerprint density at radius 3 is 2.55 bits per heavy atom. The van der Waals surface area contributed by atoms with Crippen molar-refractivity contribution in [1.82, 2.24) is 0 Å². The maximum absolute atomic E-state index is 11.0. The molecule has 2 nitrogen and oxygen atoms in total. The first-order valence-electron chi connectivity index (χ1n) is 6.76. The summed E-state index contributed by atoms with van der Waals surface area (Å²) in [5.41, 5.74) is 5.31. The molecule has 3 rings (SSSR count). The number of carbonyl (C=O) groups is 1. The summed E-state index contributed by atoms with van der Waals surface area (Å²) in [6.07, 6.45) is 3.50. The van der Waals surface area contributed by atoms with Crippen LogP contribution in [0.2, 0.25) is 0 Å². The third-order valence-electron chi connectivity index (χ3n) is 3.54. The molecule has 0 atom stereocenters. The van der Waals surface area contributed by atoms with Crippen molar-refractivity contribution in [3.05, 3.63) is 59.2 Å². The van der Waals surface area contributed by atoms with Gasteiger partial charge in [0, 0.05) is 12.0 Å². The minimum absolute atomic E-state index is 0.557. The van der Waals surface area contributed by atoms with Gasteiger partial charge < -0.3 is 4.74 Å². The van der Waals surface area contributed by atoms with Gasteiger partial charge in [-0.3, -0.25) is 4.79 Å². The van der Waals surface area contributed by atoms with Crippen LogP contribution in [0, 0.1) is 6.92 Å². The Bertz CT molecular complexity index is 666. The second-order valence-corrected chi connectivity index (χ2v) is 5.05. The van der Waals surface area contributed by atoms with Gasteiger partial charge in [0.25, 0.3) is 0 Å². The van der Waals surface area contributed by atoms with Crippen molar-refractivity contribution in [3.63, 3.8) is 0 Å². The molecule has 0 fully saturated rings. The van der Waals surface area contributed by atoms with Gasteiger partial charge in [-0.15, -0.1) is 0 Å². The highest BCUT2D eigenvalue weighted by Gasteiger charge is 2.10. The average Bonchev–Trinajstić information content (AvgIpc) is 2.69. The number of benzene rings is 2. The number of carbonyl (C=O) groups excluding carboxylic acids is 1. The molecule has 0 spiro atoms.